The van der Waals surface area contributed by atoms with E-state index in [9.17, 15) is 4.79 Å². The van der Waals surface area contributed by atoms with Crippen LogP contribution in [0.2, 0.25) is 0 Å². The molecule has 2 N–H and O–H groups in total. The van der Waals surface area contributed by atoms with Crippen molar-refractivity contribution >= 4 is 32.4 Å². The first-order valence-corrected chi connectivity index (χ1v) is 6.96. The average Bonchev–Trinajstić information content (AvgIpc) is 2.79. The Bertz CT molecular complexity index is 955. The average molecular weight is 344 g/mol. The van der Waals surface area contributed by atoms with E-state index in [-0.39, 0.29) is 16.1 Å². The Morgan fingerprint density at radius 1 is 0.952 bits per heavy atom. The Kier molecular flexibility index (Phi) is 3.53. The van der Waals surface area contributed by atoms with Crippen LogP contribution < -0.4 is 21.6 Å². The number of anilines is 1. The summed E-state index contributed by atoms with van der Waals surface area (Å²) in [5.41, 5.74) is 3.27. The third-order valence-electron chi connectivity index (χ3n) is 3.11. The molecule has 0 spiro atoms. The van der Waals surface area contributed by atoms with Crippen molar-refractivity contribution in [1.82, 2.24) is 0 Å². The second-order valence-corrected chi connectivity index (χ2v) is 5.32. The van der Waals surface area contributed by atoms with Crippen molar-refractivity contribution in [3.05, 3.63) is 73.9 Å². The van der Waals surface area contributed by atoms with Gasteiger partial charge in [-0.1, -0.05) is 45.4 Å². The number of nitrogens with one attached hydrogen (secondary N) is 1. The van der Waals surface area contributed by atoms with Gasteiger partial charge in [0.15, 0.2) is 5.36 Å². The maximum Gasteiger partial charge on any atom is 0.216 e. The quantitative estimate of drug-likeness (QED) is 0.552. The van der Waals surface area contributed by atoms with Gasteiger partial charge in [0, 0.05) is 15.2 Å². The number of hydrogen-bond donors (Lipinski definition) is 2. The van der Waals surface area contributed by atoms with Crippen LogP contribution in [0.3, 0.4) is 0 Å². The van der Waals surface area contributed by atoms with E-state index in [1.54, 1.807) is 24.3 Å². The van der Waals surface area contributed by atoms with Gasteiger partial charge in [-0.05, 0) is 24.3 Å². The zero-order chi connectivity index (χ0) is 14.8. The molecule has 0 bridgehead atoms. The fourth-order valence-electron chi connectivity index (χ4n) is 2.10. The lowest BCUT2D eigenvalue weighted by molar-refractivity contribution is 0.302. The summed E-state index contributed by atoms with van der Waals surface area (Å²) in [4.78, 5) is 12.3. The van der Waals surface area contributed by atoms with Crippen LogP contribution in [0.4, 0.5) is 5.69 Å². The highest BCUT2D eigenvalue weighted by Gasteiger charge is 2.08. The second kappa shape index (κ2) is 5.49. The number of halogens is 1. The third-order valence-corrected chi connectivity index (χ3v) is 3.64. The molecule has 0 aromatic heterocycles. The number of hydrogen-bond acceptors (Lipinski definition) is 5. The summed E-state index contributed by atoms with van der Waals surface area (Å²) in [6, 6.07) is 14.3. The van der Waals surface area contributed by atoms with E-state index in [0.717, 1.165) is 10.2 Å². The number of rotatable bonds is 2. The van der Waals surface area contributed by atoms with E-state index < -0.39 is 0 Å². The van der Waals surface area contributed by atoms with Crippen molar-refractivity contribution in [3.8, 4) is 0 Å². The zero-order valence-electron chi connectivity index (χ0n) is 10.7. The molecule has 0 aliphatic heterocycles. The minimum Gasteiger partial charge on any atom is -0.410 e. The van der Waals surface area contributed by atoms with E-state index in [4.69, 9.17) is 5.21 Å². The molecular weight excluding hydrogens is 334 g/mol. The van der Waals surface area contributed by atoms with Gasteiger partial charge < -0.3 is 5.21 Å². The van der Waals surface area contributed by atoms with Gasteiger partial charge in [0.25, 0.3) is 0 Å². The maximum atomic E-state index is 12.3. The molecule has 0 atom stereocenters. The molecule has 0 radical (unpaired) electrons. The van der Waals surface area contributed by atoms with Crippen LogP contribution >= 0.6 is 15.9 Å². The fraction of sp³-hybridized carbons (Fsp3) is 0. The van der Waals surface area contributed by atoms with Crippen LogP contribution in [-0.2, 0) is 0 Å². The third kappa shape index (κ3) is 2.45. The normalized spacial score (nSPS) is 13.0. The Hall–Kier alpha value is -2.47. The van der Waals surface area contributed by atoms with Crippen molar-refractivity contribution in [2.45, 2.75) is 0 Å². The van der Waals surface area contributed by atoms with E-state index >= 15 is 0 Å². The molecule has 0 heterocycles. The Morgan fingerprint density at radius 2 is 1.62 bits per heavy atom. The molecule has 0 aliphatic carbocycles. The molecule has 3 aromatic rings. The lowest BCUT2D eigenvalue weighted by Gasteiger charge is -1.98. The summed E-state index contributed by atoms with van der Waals surface area (Å²) in [6.45, 7) is 0. The first-order valence-electron chi connectivity index (χ1n) is 6.16. The van der Waals surface area contributed by atoms with Gasteiger partial charge in [-0.2, -0.15) is 5.10 Å². The van der Waals surface area contributed by atoms with Crippen LogP contribution in [0.5, 0.6) is 0 Å². The summed E-state index contributed by atoms with van der Waals surface area (Å²) in [6.07, 6.45) is 0. The van der Waals surface area contributed by atoms with Crippen LogP contribution in [0.1, 0.15) is 0 Å². The molecule has 0 saturated heterocycles. The van der Waals surface area contributed by atoms with Crippen molar-refractivity contribution in [2.24, 2.45) is 10.3 Å². The number of benzene rings is 2. The van der Waals surface area contributed by atoms with Crippen LogP contribution in [0.15, 0.2) is 68.1 Å². The molecule has 3 rings (SSSR count). The summed E-state index contributed by atoms with van der Waals surface area (Å²) in [5.74, 6) is 0. The summed E-state index contributed by atoms with van der Waals surface area (Å²) in [5, 5.41) is 17.8. The molecular formula is C15H10BrN3O2. The molecule has 0 amide bonds. The zero-order valence-corrected chi connectivity index (χ0v) is 12.3. The van der Waals surface area contributed by atoms with Gasteiger partial charge in [-0.25, -0.2) is 0 Å². The van der Waals surface area contributed by atoms with E-state index in [1.807, 2.05) is 24.3 Å². The van der Waals surface area contributed by atoms with Crippen molar-refractivity contribution < 1.29 is 5.21 Å². The molecule has 0 fully saturated rings. The molecule has 3 aromatic carbocycles. The molecule has 5 nitrogen and oxygen atoms in total. The largest absolute Gasteiger partial charge is 0.410 e. The summed E-state index contributed by atoms with van der Waals surface area (Å²) >= 11 is 3.34. The molecule has 21 heavy (non-hydrogen) atoms. The Morgan fingerprint density at radius 3 is 2.29 bits per heavy atom. The van der Waals surface area contributed by atoms with Crippen LogP contribution in [-0.4, -0.2) is 5.21 Å². The monoisotopic (exact) mass is 343 g/mol. The van der Waals surface area contributed by atoms with Crippen molar-refractivity contribution in [2.75, 3.05) is 5.43 Å². The maximum absolute atomic E-state index is 12.3. The lowest BCUT2D eigenvalue weighted by atomic mass is 10.2. The van der Waals surface area contributed by atoms with Crippen molar-refractivity contribution in [3.63, 3.8) is 0 Å². The minimum atomic E-state index is -0.261. The Labute approximate surface area is 127 Å². The second-order valence-electron chi connectivity index (χ2n) is 4.40. The highest BCUT2D eigenvalue weighted by atomic mass is 79.9. The van der Waals surface area contributed by atoms with Gasteiger partial charge in [-0.15, -0.1) is 0 Å². The van der Waals surface area contributed by atoms with Gasteiger partial charge >= 0.3 is 0 Å². The first kappa shape index (κ1) is 13.5. The first-order chi connectivity index (χ1) is 10.2. The lowest BCUT2D eigenvalue weighted by Crippen LogP contribution is -2.33. The van der Waals surface area contributed by atoms with Gasteiger partial charge in [0.1, 0.15) is 5.36 Å². The highest BCUT2D eigenvalue weighted by Crippen LogP contribution is 2.13. The number of nitrogens with zero attached hydrogens (tertiary/aromatic N) is 2. The van der Waals surface area contributed by atoms with Gasteiger partial charge in [0.05, 0.1) is 5.69 Å². The summed E-state index contributed by atoms with van der Waals surface area (Å²) in [7, 11) is 0. The fourth-order valence-corrected chi connectivity index (χ4v) is 2.36. The smallest absolute Gasteiger partial charge is 0.216 e. The molecule has 0 aliphatic rings. The molecule has 0 unspecified atom stereocenters. The highest BCUT2D eigenvalue weighted by molar-refractivity contribution is 9.10. The standard InChI is InChI=1S/C15H10BrN3O2/c16-9-5-7-10(8-6-9)17-18-14-13(19-21)11-3-1-2-4-12(11)15(14)20/h1-8,17,21H/b18-14-,19-13+. The van der Waals surface area contributed by atoms with Gasteiger partial charge in [0.2, 0.25) is 5.43 Å². The SMILES string of the molecule is O=c1c(=N\Nc2ccc(Br)cc2)/c(=N/O)c2ccccc12. The van der Waals surface area contributed by atoms with Crippen LogP contribution in [0.25, 0.3) is 10.8 Å². The molecule has 104 valence electrons. The predicted molar refractivity (Wildman–Crippen MR) is 83.3 cm³/mol. The minimum absolute atomic E-state index is 0.0987. The van der Waals surface area contributed by atoms with E-state index in [1.165, 1.54) is 0 Å². The Balaban J connectivity index is 2.16. The topological polar surface area (TPSA) is 74.0 Å². The summed E-state index contributed by atoms with van der Waals surface area (Å²) < 4.78 is 0.947. The molecule has 6 heteroatoms. The van der Waals surface area contributed by atoms with E-state index in [2.05, 4.69) is 31.6 Å². The van der Waals surface area contributed by atoms with Gasteiger partial charge in [-0.3, -0.25) is 10.2 Å². The van der Waals surface area contributed by atoms with E-state index in [0.29, 0.717) is 10.8 Å². The number of fused-ring (bicyclic) bond motifs is 1. The van der Waals surface area contributed by atoms with Crippen molar-refractivity contribution in [1.29, 1.82) is 0 Å². The van der Waals surface area contributed by atoms with Crippen LogP contribution in [0, 0.1) is 0 Å². The predicted octanol–water partition coefficient (Wildman–Crippen LogP) is 2.06. The molecule has 0 saturated carbocycles.